The maximum Gasteiger partial charge on any atom is 0.232 e. The first-order valence-corrected chi connectivity index (χ1v) is 10.2. The number of nitrogens with zero attached hydrogens (tertiary/aromatic N) is 1. The number of sulfonamides is 1. The Balaban J connectivity index is 2.01. The summed E-state index contributed by atoms with van der Waals surface area (Å²) in [6, 6.07) is 4.74. The lowest BCUT2D eigenvalue weighted by Gasteiger charge is -2.24. The minimum atomic E-state index is -3.63. The molecular formula is C15H20Cl2N2O4S. The number of rotatable bonds is 7. The van der Waals surface area contributed by atoms with Crippen LogP contribution in [0, 0.1) is 0 Å². The van der Waals surface area contributed by atoms with Crippen molar-refractivity contribution in [3.63, 3.8) is 0 Å². The lowest BCUT2D eigenvalue weighted by atomic mass is 10.2. The highest BCUT2D eigenvalue weighted by molar-refractivity contribution is 7.92. The van der Waals surface area contributed by atoms with Crippen molar-refractivity contribution in [3.8, 4) is 0 Å². The van der Waals surface area contributed by atoms with Gasteiger partial charge in [-0.2, -0.15) is 0 Å². The molecule has 0 radical (unpaired) electrons. The molecule has 6 nitrogen and oxygen atoms in total. The van der Waals surface area contributed by atoms with Gasteiger partial charge in [0.1, 0.15) is 0 Å². The predicted octanol–water partition coefficient (Wildman–Crippen LogP) is 2.44. The Morgan fingerprint density at radius 3 is 2.58 bits per heavy atom. The third-order valence-electron chi connectivity index (χ3n) is 3.68. The van der Waals surface area contributed by atoms with Gasteiger partial charge in [0, 0.05) is 26.1 Å². The van der Waals surface area contributed by atoms with Gasteiger partial charge in [-0.3, -0.25) is 9.10 Å². The van der Waals surface area contributed by atoms with Gasteiger partial charge in [-0.05, 0) is 25.0 Å². The molecular weight excluding hydrogens is 375 g/mol. The largest absolute Gasteiger partial charge is 0.376 e. The van der Waals surface area contributed by atoms with Gasteiger partial charge in [-0.25, -0.2) is 8.42 Å². The number of hydrogen-bond acceptors (Lipinski definition) is 4. The van der Waals surface area contributed by atoms with Crippen LogP contribution in [0.3, 0.4) is 0 Å². The molecule has 1 amide bonds. The summed E-state index contributed by atoms with van der Waals surface area (Å²) < 4.78 is 30.6. The minimum Gasteiger partial charge on any atom is -0.376 e. The molecule has 2 rings (SSSR count). The number of hydrogen-bond donors (Lipinski definition) is 1. The first-order chi connectivity index (χ1) is 11.3. The SMILES string of the molecule is CS(=O)(=O)N(CCC(=O)NCC1CCCO1)c1c(Cl)cccc1Cl. The summed E-state index contributed by atoms with van der Waals surface area (Å²) in [7, 11) is -3.63. The van der Waals surface area contributed by atoms with Crippen molar-refractivity contribution in [2.75, 3.05) is 30.3 Å². The standard InChI is InChI=1S/C15H20Cl2N2O4S/c1-24(21,22)19(15-12(16)5-2-6-13(15)17)8-7-14(20)18-10-11-4-3-9-23-11/h2,5-6,11H,3-4,7-10H2,1H3,(H,18,20). The van der Waals surface area contributed by atoms with Crippen molar-refractivity contribution in [1.82, 2.24) is 5.32 Å². The molecule has 1 aromatic carbocycles. The summed E-state index contributed by atoms with van der Waals surface area (Å²) >= 11 is 12.2. The van der Waals surface area contributed by atoms with Crippen LogP contribution in [-0.2, 0) is 19.6 Å². The summed E-state index contributed by atoms with van der Waals surface area (Å²) in [6.07, 6.45) is 3.01. The number of nitrogens with one attached hydrogen (secondary N) is 1. The maximum absolute atomic E-state index is 12.1. The summed E-state index contributed by atoms with van der Waals surface area (Å²) in [5.74, 6) is -0.248. The maximum atomic E-state index is 12.1. The minimum absolute atomic E-state index is 0.00133. The third kappa shape index (κ3) is 5.24. The van der Waals surface area contributed by atoms with Crippen molar-refractivity contribution < 1.29 is 17.9 Å². The van der Waals surface area contributed by atoms with Gasteiger partial charge in [0.15, 0.2) is 0 Å². The second-order valence-corrected chi connectivity index (χ2v) is 8.32. The quantitative estimate of drug-likeness (QED) is 0.770. The van der Waals surface area contributed by atoms with Crippen molar-refractivity contribution in [2.45, 2.75) is 25.4 Å². The van der Waals surface area contributed by atoms with Crippen LogP contribution in [0.1, 0.15) is 19.3 Å². The van der Waals surface area contributed by atoms with Gasteiger partial charge in [-0.15, -0.1) is 0 Å². The zero-order valence-electron chi connectivity index (χ0n) is 13.3. The molecule has 1 atom stereocenters. The lowest BCUT2D eigenvalue weighted by molar-refractivity contribution is -0.121. The highest BCUT2D eigenvalue weighted by Gasteiger charge is 2.24. The molecule has 1 unspecified atom stereocenters. The number of ether oxygens (including phenoxy) is 1. The van der Waals surface area contributed by atoms with Crippen molar-refractivity contribution in [3.05, 3.63) is 28.2 Å². The van der Waals surface area contributed by atoms with Crippen LogP contribution in [0.15, 0.2) is 18.2 Å². The Bertz CT molecular complexity index is 670. The Kier molecular flexibility index (Phi) is 6.74. The Morgan fingerprint density at radius 1 is 1.38 bits per heavy atom. The smallest absolute Gasteiger partial charge is 0.232 e. The van der Waals surface area contributed by atoms with E-state index < -0.39 is 10.0 Å². The average Bonchev–Trinajstić information content (AvgIpc) is 3.00. The summed E-state index contributed by atoms with van der Waals surface area (Å²) in [6.45, 7) is 1.11. The number of halogens is 2. The van der Waals surface area contributed by atoms with Gasteiger partial charge < -0.3 is 10.1 Å². The van der Waals surface area contributed by atoms with Gasteiger partial charge in [0.25, 0.3) is 0 Å². The highest BCUT2D eigenvalue weighted by atomic mass is 35.5. The van der Waals surface area contributed by atoms with E-state index in [4.69, 9.17) is 27.9 Å². The third-order valence-corrected chi connectivity index (χ3v) is 5.46. The van der Waals surface area contributed by atoms with Crippen molar-refractivity contribution >= 4 is 44.8 Å². The molecule has 9 heteroatoms. The van der Waals surface area contributed by atoms with E-state index >= 15 is 0 Å². The van der Waals surface area contributed by atoms with Crippen LogP contribution < -0.4 is 9.62 Å². The van der Waals surface area contributed by atoms with Gasteiger partial charge in [-0.1, -0.05) is 29.3 Å². The van der Waals surface area contributed by atoms with E-state index in [2.05, 4.69) is 5.32 Å². The fourth-order valence-corrected chi connectivity index (χ4v) is 4.15. The van der Waals surface area contributed by atoms with E-state index in [1.807, 2.05) is 0 Å². The van der Waals surface area contributed by atoms with E-state index in [1.54, 1.807) is 18.2 Å². The molecule has 1 aliphatic heterocycles. The van der Waals surface area contributed by atoms with E-state index in [9.17, 15) is 13.2 Å². The molecule has 134 valence electrons. The monoisotopic (exact) mass is 394 g/mol. The van der Waals surface area contributed by atoms with Crippen molar-refractivity contribution in [2.24, 2.45) is 0 Å². The molecule has 1 heterocycles. The van der Waals surface area contributed by atoms with E-state index in [0.717, 1.165) is 23.4 Å². The zero-order valence-corrected chi connectivity index (χ0v) is 15.6. The van der Waals surface area contributed by atoms with Crippen LogP contribution in [0.25, 0.3) is 0 Å². The van der Waals surface area contributed by atoms with E-state index in [0.29, 0.717) is 13.2 Å². The zero-order chi connectivity index (χ0) is 17.7. The second kappa shape index (κ2) is 8.38. The molecule has 0 aliphatic carbocycles. The second-order valence-electron chi connectivity index (χ2n) is 5.59. The molecule has 0 aromatic heterocycles. The van der Waals surface area contributed by atoms with Gasteiger partial charge in [0.05, 0.1) is 28.1 Å². The summed E-state index contributed by atoms with van der Waals surface area (Å²) in [5.41, 5.74) is 0.190. The van der Waals surface area contributed by atoms with Crippen molar-refractivity contribution in [1.29, 1.82) is 0 Å². The average molecular weight is 395 g/mol. The molecule has 0 spiro atoms. The Hall–Kier alpha value is -1.02. The molecule has 1 aromatic rings. The van der Waals surface area contributed by atoms with E-state index in [-0.39, 0.29) is 40.7 Å². The van der Waals surface area contributed by atoms with Crippen LogP contribution in [-0.4, -0.2) is 46.4 Å². The first-order valence-electron chi connectivity index (χ1n) is 7.59. The summed E-state index contributed by atoms with van der Waals surface area (Å²) in [5, 5.41) is 3.19. The number of benzene rings is 1. The van der Waals surface area contributed by atoms with Crippen LogP contribution >= 0.6 is 23.2 Å². The van der Waals surface area contributed by atoms with Crippen LogP contribution in [0.5, 0.6) is 0 Å². The van der Waals surface area contributed by atoms with E-state index in [1.165, 1.54) is 0 Å². The number of amides is 1. The fraction of sp³-hybridized carbons (Fsp3) is 0.533. The number of para-hydroxylation sites is 1. The molecule has 1 aliphatic rings. The fourth-order valence-electron chi connectivity index (χ4n) is 2.50. The predicted molar refractivity (Wildman–Crippen MR) is 95.3 cm³/mol. The topological polar surface area (TPSA) is 75.7 Å². The molecule has 0 saturated carbocycles. The molecule has 24 heavy (non-hydrogen) atoms. The lowest BCUT2D eigenvalue weighted by Crippen LogP contribution is -2.37. The number of anilines is 1. The van der Waals surface area contributed by atoms with Crippen LogP contribution in [0.4, 0.5) is 5.69 Å². The molecule has 0 bridgehead atoms. The normalized spacial score (nSPS) is 17.7. The Morgan fingerprint density at radius 2 is 2.04 bits per heavy atom. The van der Waals surface area contributed by atoms with Crippen LogP contribution in [0.2, 0.25) is 10.0 Å². The molecule has 1 fully saturated rings. The molecule has 1 N–H and O–H groups in total. The molecule has 1 saturated heterocycles. The number of carbonyl (C=O) groups excluding carboxylic acids is 1. The van der Waals surface area contributed by atoms with Gasteiger partial charge in [0.2, 0.25) is 15.9 Å². The summed E-state index contributed by atoms with van der Waals surface area (Å²) in [4.78, 5) is 12.0. The highest BCUT2D eigenvalue weighted by Crippen LogP contribution is 2.34. The first kappa shape index (κ1) is 19.3. The van der Waals surface area contributed by atoms with Gasteiger partial charge >= 0.3 is 0 Å². The Labute approximate surface area is 152 Å². The number of carbonyl (C=O) groups is 1.